The van der Waals surface area contributed by atoms with E-state index in [4.69, 9.17) is 0 Å². The van der Waals surface area contributed by atoms with Crippen LogP contribution in [0.5, 0.6) is 0 Å². The standard InChI is InChI=1S/C29H35FN6O3S/c30-20-16-24-26(32-18-20)35(23-10-14-40-15-11-23)29(39)36(28(24)38)22-7-5-21(6-8-22)33-27(37)19-4-9-25(31-17-19)34-12-2-1-3-13-34/h4,9,16-18,21-23H,1-3,5-8,10-15H2,(H,33,37). The SMILES string of the molecule is O=C(NC1CCC(n2c(=O)c3cc(F)cnc3n(C3CCSCC3)c2=O)CC1)c1ccc(N2CCCCC2)nc1. The van der Waals surface area contributed by atoms with Gasteiger partial charge in [0.2, 0.25) is 0 Å². The van der Waals surface area contributed by atoms with Crippen molar-refractivity contribution in [3.05, 3.63) is 62.8 Å². The molecule has 0 atom stereocenters. The fourth-order valence-electron chi connectivity index (χ4n) is 6.38. The highest BCUT2D eigenvalue weighted by Crippen LogP contribution is 2.30. The quantitative estimate of drug-likeness (QED) is 0.497. The van der Waals surface area contributed by atoms with Gasteiger partial charge in [0.05, 0.1) is 17.1 Å². The number of carbonyl (C=O) groups is 1. The molecule has 1 saturated carbocycles. The molecule has 2 saturated heterocycles. The molecule has 3 aromatic heterocycles. The zero-order valence-electron chi connectivity index (χ0n) is 22.6. The second kappa shape index (κ2) is 11.7. The van der Waals surface area contributed by atoms with Crippen LogP contribution < -0.4 is 21.5 Å². The van der Waals surface area contributed by atoms with Crippen molar-refractivity contribution in [1.82, 2.24) is 24.4 Å². The van der Waals surface area contributed by atoms with Crippen LogP contribution in [0.1, 0.15) is 80.2 Å². The van der Waals surface area contributed by atoms with Crippen LogP contribution in [0.2, 0.25) is 0 Å². The summed E-state index contributed by atoms with van der Waals surface area (Å²) < 4.78 is 17.1. The van der Waals surface area contributed by atoms with Gasteiger partial charge in [-0.1, -0.05) is 0 Å². The van der Waals surface area contributed by atoms with Crippen LogP contribution in [0.25, 0.3) is 11.0 Å². The van der Waals surface area contributed by atoms with E-state index < -0.39 is 11.4 Å². The molecule has 0 bridgehead atoms. The summed E-state index contributed by atoms with van der Waals surface area (Å²) in [6.07, 6.45) is 10.3. The van der Waals surface area contributed by atoms with Crippen LogP contribution in [0.3, 0.4) is 0 Å². The molecule has 0 radical (unpaired) electrons. The third kappa shape index (κ3) is 5.40. The lowest BCUT2D eigenvalue weighted by atomic mass is 9.90. The molecule has 1 amide bonds. The fraction of sp³-hybridized carbons (Fsp3) is 0.552. The van der Waals surface area contributed by atoms with E-state index in [1.807, 2.05) is 23.9 Å². The van der Waals surface area contributed by atoms with Gasteiger partial charge in [0, 0.05) is 37.4 Å². The largest absolute Gasteiger partial charge is 0.357 e. The summed E-state index contributed by atoms with van der Waals surface area (Å²) in [6, 6.07) is 4.51. The van der Waals surface area contributed by atoms with Gasteiger partial charge in [0.25, 0.3) is 11.5 Å². The van der Waals surface area contributed by atoms with E-state index in [9.17, 15) is 18.8 Å². The first-order valence-corrected chi connectivity index (χ1v) is 15.6. The summed E-state index contributed by atoms with van der Waals surface area (Å²) in [5.74, 6) is 2.01. The number of thioether (sulfide) groups is 1. The molecular formula is C29H35FN6O3S. The first-order chi connectivity index (χ1) is 19.5. The summed E-state index contributed by atoms with van der Waals surface area (Å²) in [5.41, 5.74) is -0.0521. The van der Waals surface area contributed by atoms with Crippen molar-refractivity contribution in [2.75, 3.05) is 29.5 Å². The van der Waals surface area contributed by atoms with E-state index in [1.165, 1.54) is 29.9 Å². The summed E-state index contributed by atoms with van der Waals surface area (Å²) in [6.45, 7) is 2.00. The van der Waals surface area contributed by atoms with Crippen molar-refractivity contribution in [3.8, 4) is 0 Å². The average Bonchev–Trinajstić information content (AvgIpc) is 2.99. The predicted octanol–water partition coefficient (Wildman–Crippen LogP) is 4.06. The predicted molar refractivity (Wildman–Crippen MR) is 155 cm³/mol. The highest BCUT2D eigenvalue weighted by Gasteiger charge is 2.30. The molecule has 1 aliphatic carbocycles. The Morgan fingerprint density at radius 3 is 2.33 bits per heavy atom. The van der Waals surface area contributed by atoms with Crippen molar-refractivity contribution in [3.63, 3.8) is 0 Å². The number of amides is 1. The Hall–Kier alpha value is -3.21. The molecule has 0 spiro atoms. The molecule has 3 fully saturated rings. The molecule has 9 nitrogen and oxygen atoms in total. The van der Waals surface area contributed by atoms with Crippen molar-refractivity contribution in [2.24, 2.45) is 0 Å². The number of nitrogens with one attached hydrogen (secondary N) is 1. The molecule has 3 aliphatic rings. The third-order valence-corrected chi connectivity index (χ3v) is 9.61. The van der Waals surface area contributed by atoms with Gasteiger partial charge in [-0.15, -0.1) is 0 Å². The number of hydrogen-bond donors (Lipinski definition) is 1. The summed E-state index contributed by atoms with van der Waals surface area (Å²) in [4.78, 5) is 51.2. The molecule has 212 valence electrons. The Labute approximate surface area is 236 Å². The van der Waals surface area contributed by atoms with Crippen LogP contribution >= 0.6 is 11.8 Å². The smallest absolute Gasteiger partial charge is 0.333 e. The Morgan fingerprint density at radius 2 is 1.62 bits per heavy atom. The highest BCUT2D eigenvalue weighted by molar-refractivity contribution is 7.99. The Morgan fingerprint density at radius 1 is 0.900 bits per heavy atom. The number of aromatic nitrogens is 4. The lowest BCUT2D eigenvalue weighted by Crippen LogP contribution is -2.46. The zero-order chi connectivity index (χ0) is 27.6. The fourth-order valence-corrected chi connectivity index (χ4v) is 7.46. The van der Waals surface area contributed by atoms with Crippen LogP contribution in [0, 0.1) is 5.82 Å². The number of carbonyl (C=O) groups excluding carboxylic acids is 1. The van der Waals surface area contributed by atoms with E-state index in [2.05, 4.69) is 20.2 Å². The maximum absolute atomic E-state index is 14.1. The Kier molecular flexibility index (Phi) is 7.91. The van der Waals surface area contributed by atoms with E-state index >= 15 is 0 Å². The number of fused-ring (bicyclic) bond motifs is 1. The minimum absolute atomic E-state index is 0.0571. The zero-order valence-corrected chi connectivity index (χ0v) is 23.4. The topological polar surface area (TPSA) is 102 Å². The molecule has 0 unspecified atom stereocenters. The second-order valence-corrected chi connectivity index (χ2v) is 12.4. The summed E-state index contributed by atoms with van der Waals surface area (Å²) in [5, 5.41) is 3.26. The number of hydrogen-bond acceptors (Lipinski definition) is 7. The third-order valence-electron chi connectivity index (χ3n) is 8.57. The van der Waals surface area contributed by atoms with Gasteiger partial charge in [-0.2, -0.15) is 11.8 Å². The molecule has 0 aromatic carbocycles. The first-order valence-electron chi connectivity index (χ1n) is 14.4. The number of pyridine rings is 2. The van der Waals surface area contributed by atoms with Crippen molar-refractivity contribution < 1.29 is 9.18 Å². The number of piperidine rings is 1. The number of nitrogens with zero attached hydrogens (tertiary/aromatic N) is 5. The van der Waals surface area contributed by atoms with Crippen molar-refractivity contribution in [2.45, 2.75) is 75.9 Å². The summed E-state index contributed by atoms with van der Waals surface area (Å²) >= 11 is 1.85. The Bertz CT molecular complexity index is 1490. The Balaban J connectivity index is 1.17. The van der Waals surface area contributed by atoms with Gasteiger partial charge in [0.15, 0.2) is 0 Å². The van der Waals surface area contributed by atoms with Gasteiger partial charge in [0.1, 0.15) is 17.3 Å². The molecule has 5 heterocycles. The minimum Gasteiger partial charge on any atom is -0.357 e. The van der Waals surface area contributed by atoms with Crippen LogP contribution in [0.4, 0.5) is 10.2 Å². The first kappa shape index (κ1) is 27.0. The number of anilines is 1. The van der Waals surface area contributed by atoms with Crippen LogP contribution in [-0.2, 0) is 0 Å². The lowest BCUT2D eigenvalue weighted by Gasteiger charge is -2.31. The van der Waals surface area contributed by atoms with Gasteiger partial charge in [-0.05, 0) is 87.5 Å². The molecule has 2 aliphatic heterocycles. The highest BCUT2D eigenvalue weighted by atomic mass is 32.2. The van der Waals surface area contributed by atoms with Crippen molar-refractivity contribution >= 4 is 34.5 Å². The molecular weight excluding hydrogens is 531 g/mol. The van der Waals surface area contributed by atoms with Gasteiger partial charge in [-0.25, -0.2) is 19.2 Å². The van der Waals surface area contributed by atoms with Gasteiger partial charge >= 0.3 is 5.69 Å². The maximum Gasteiger partial charge on any atom is 0.333 e. The van der Waals surface area contributed by atoms with E-state index in [-0.39, 0.29) is 40.8 Å². The molecule has 40 heavy (non-hydrogen) atoms. The lowest BCUT2D eigenvalue weighted by molar-refractivity contribution is 0.0921. The van der Waals surface area contributed by atoms with Crippen LogP contribution in [-0.4, -0.2) is 55.6 Å². The molecule has 3 aromatic rings. The van der Waals surface area contributed by atoms with Crippen molar-refractivity contribution in [1.29, 1.82) is 0 Å². The number of rotatable bonds is 5. The summed E-state index contributed by atoms with van der Waals surface area (Å²) in [7, 11) is 0. The van der Waals surface area contributed by atoms with E-state index in [1.54, 1.807) is 10.8 Å². The monoisotopic (exact) mass is 566 g/mol. The maximum atomic E-state index is 14.1. The van der Waals surface area contributed by atoms with Gasteiger partial charge in [-0.3, -0.25) is 18.7 Å². The second-order valence-electron chi connectivity index (χ2n) is 11.1. The number of halogens is 1. The molecule has 6 rings (SSSR count). The minimum atomic E-state index is -0.592. The van der Waals surface area contributed by atoms with E-state index in [0.717, 1.165) is 49.5 Å². The molecule has 11 heteroatoms. The molecule has 1 N–H and O–H groups in total. The normalized spacial score (nSPS) is 22.4. The average molecular weight is 567 g/mol. The van der Waals surface area contributed by atoms with Crippen LogP contribution in [0.15, 0.2) is 40.2 Å². The van der Waals surface area contributed by atoms with E-state index in [0.29, 0.717) is 31.2 Å². The van der Waals surface area contributed by atoms with Gasteiger partial charge < -0.3 is 10.2 Å².